The molecular formula is C25H22N4OS3. The Hall–Kier alpha value is -3.20. The predicted octanol–water partition coefficient (Wildman–Crippen LogP) is 6.66. The summed E-state index contributed by atoms with van der Waals surface area (Å²) in [7, 11) is 0. The highest BCUT2D eigenvalue weighted by molar-refractivity contribution is 8.00. The fourth-order valence-corrected chi connectivity index (χ4v) is 4.70. The molecule has 1 heterocycles. The van der Waals surface area contributed by atoms with Crippen LogP contribution in [0.15, 0.2) is 89.1 Å². The van der Waals surface area contributed by atoms with Crippen LogP contribution in [-0.2, 0) is 4.79 Å². The van der Waals surface area contributed by atoms with Crippen molar-refractivity contribution in [3.8, 4) is 11.3 Å². The molecule has 0 spiro atoms. The number of benzene rings is 3. The fourth-order valence-electron chi connectivity index (χ4n) is 2.97. The molecule has 0 bridgehead atoms. The van der Waals surface area contributed by atoms with E-state index in [2.05, 4.69) is 40.0 Å². The number of thiocarbonyl (C=S) groups is 1. The Morgan fingerprint density at radius 1 is 0.939 bits per heavy atom. The molecule has 0 aliphatic carbocycles. The number of aromatic nitrogens is 1. The maximum Gasteiger partial charge on any atom is 0.236 e. The van der Waals surface area contributed by atoms with E-state index in [-0.39, 0.29) is 11.7 Å². The van der Waals surface area contributed by atoms with E-state index in [0.29, 0.717) is 10.2 Å². The summed E-state index contributed by atoms with van der Waals surface area (Å²) in [6, 6.07) is 25.7. The van der Waals surface area contributed by atoms with E-state index in [1.807, 2.05) is 72.1 Å². The standard InChI is InChI=1S/C25H22N4OS3/c1-17-10-12-18(13-11-17)22-15-33-25(28-22)29-23(30)16-32-21-9-5-8-20(14-21)27-24(31)26-19-6-3-2-4-7-19/h2-15H,16H2,1H3,(H2,26,27,31)(H,28,29,30). The Morgan fingerprint density at radius 2 is 1.67 bits per heavy atom. The van der Waals surface area contributed by atoms with Gasteiger partial charge in [0.15, 0.2) is 10.2 Å². The molecule has 166 valence electrons. The molecule has 5 nitrogen and oxygen atoms in total. The van der Waals surface area contributed by atoms with Crippen LogP contribution >= 0.6 is 35.3 Å². The molecule has 0 saturated carbocycles. The Labute approximate surface area is 206 Å². The Morgan fingerprint density at radius 3 is 2.45 bits per heavy atom. The molecule has 0 fully saturated rings. The first-order valence-electron chi connectivity index (χ1n) is 10.2. The molecule has 0 unspecified atom stereocenters. The quantitative estimate of drug-likeness (QED) is 0.199. The molecule has 0 atom stereocenters. The second-order valence-electron chi connectivity index (χ2n) is 7.21. The molecule has 3 N–H and O–H groups in total. The van der Waals surface area contributed by atoms with E-state index in [0.717, 1.165) is 27.5 Å². The zero-order valence-corrected chi connectivity index (χ0v) is 20.3. The van der Waals surface area contributed by atoms with Crippen LogP contribution in [-0.4, -0.2) is 21.8 Å². The van der Waals surface area contributed by atoms with Crippen molar-refractivity contribution in [1.82, 2.24) is 4.98 Å². The fraction of sp³-hybridized carbons (Fsp3) is 0.0800. The lowest BCUT2D eigenvalue weighted by Gasteiger charge is -2.11. The summed E-state index contributed by atoms with van der Waals surface area (Å²) < 4.78 is 0. The molecule has 1 amide bonds. The third kappa shape index (κ3) is 6.89. The Bertz CT molecular complexity index is 1240. The van der Waals surface area contributed by atoms with Gasteiger partial charge < -0.3 is 16.0 Å². The summed E-state index contributed by atoms with van der Waals surface area (Å²) in [5.41, 5.74) is 4.88. The van der Waals surface area contributed by atoms with E-state index in [9.17, 15) is 4.79 Å². The number of anilines is 3. The van der Waals surface area contributed by atoms with Crippen LogP contribution in [0.2, 0.25) is 0 Å². The highest BCUT2D eigenvalue weighted by atomic mass is 32.2. The van der Waals surface area contributed by atoms with Crippen LogP contribution in [0.25, 0.3) is 11.3 Å². The zero-order valence-electron chi connectivity index (χ0n) is 17.9. The number of aryl methyl sites for hydroxylation is 1. The maximum atomic E-state index is 12.4. The van der Waals surface area contributed by atoms with Crippen LogP contribution in [0.5, 0.6) is 0 Å². The molecular weight excluding hydrogens is 469 g/mol. The van der Waals surface area contributed by atoms with Crippen molar-refractivity contribution < 1.29 is 4.79 Å². The van der Waals surface area contributed by atoms with E-state index in [1.54, 1.807) is 0 Å². The first-order chi connectivity index (χ1) is 16.0. The normalized spacial score (nSPS) is 10.5. The SMILES string of the molecule is Cc1ccc(-c2csc(NC(=O)CSc3cccc(NC(=S)Nc4ccccc4)c3)n2)cc1. The summed E-state index contributed by atoms with van der Waals surface area (Å²) in [4.78, 5) is 17.9. The third-order valence-corrected chi connectivity index (χ3v) is 6.55. The second kappa shape index (κ2) is 11.1. The molecule has 4 rings (SSSR count). The van der Waals surface area contributed by atoms with Gasteiger partial charge in [-0.05, 0) is 49.5 Å². The first kappa shape index (κ1) is 23.0. The largest absolute Gasteiger partial charge is 0.332 e. The number of thioether (sulfide) groups is 1. The van der Waals surface area contributed by atoms with Gasteiger partial charge in [0, 0.05) is 27.2 Å². The smallest absolute Gasteiger partial charge is 0.236 e. The van der Waals surface area contributed by atoms with Crippen molar-refractivity contribution in [3.05, 3.63) is 89.8 Å². The molecule has 0 aliphatic heterocycles. The average Bonchev–Trinajstić information content (AvgIpc) is 3.27. The van der Waals surface area contributed by atoms with Gasteiger partial charge in [-0.15, -0.1) is 23.1 Å². The van der Waals surface area contributed by atoms with Crippen molar-refractivity contribution in [2.45, 2.75) is 11.8 Å². The van der Waals surface area contributed by atoms with Crippen molar-refractivity contribution >= 4 is 62.8 Å². The Kier molecular flexibility index (Phi) is 7.72. The number of hydrogen-bond donors (Lipinski definition) is 3. The number of nitrogens with zero attached hydrogens (tertiary/aromatic N) is 1. The molecule has 8 heteroatoms. The van der Waals surface area contributed by atoms with Gasteiger partial charge >= 0.3 is 0 Å². The number of nitrogens with one attached hydrogen (secondary N) is 3. The number of rotatable bonds is 7. The summed E-state index contributed by atoms with van der Waals surface area (Å²) in [5, 5.41) is 12.3. The number of thiazole rings is 1. The molecule has 4 aromatic rings. The van der Waals surface area contributed by atoms with E-state index < -0.39 is 0 Å². The zero-order chi connectivity index (χ0) is 23.0. The number of para-hydroxylation sites is 1. The lowest BCUT2D eigenvalue weighted by molar-refractivity contribution is -0.113. The average molecular weight is 491 g/mol. The monoisotopic (exact) mass is 490 g/mol. The molecule has 33 heavy (non-hydrogen) atoms. The van der Waals surface area contributed by atoms with Crippen LogP contribution < -0.4 is 16.0 Å². The van der Waals surface area contributed by atoms with Gasteiger partial charge in [0.1, 0.15) is 0 Å². The van der Waals surface area contributed by atoms with Gasteiger partial charge in [-0.2, -0.15) is 0 Å². The van der Waals surface area contributed by atoms with Crippen molar-refractivity contribution in [2.24, 2.45) is 0 Å². The van der Waals surface area contributed by atoms with Gasteiger partial charge in [-0.1, -0.05) is 54.1 Å². The van der Waals surface area contributed by atoms with Gasteiger partial charge in [0.05, 0.1) is 11.4 Å². The minimum atomic E-state index is -0.0931. The molecule has 0 aliphatic rings. The number of carbonyl (C=O) groups excluding carboxylic acids is 1. The summed E-state index contributed by atoms with van der Waals surface area (Å²) >= 11 is 8.27. The van der Waals surface area contributed by atoms with Gasteiger partial charge in [-0.25, -0.2) is 4.98 Å². The minimum absolute atomic E-state index is 0.0931. The minimum Gasteiger partial charge on any atom is -0.332 e. The molecule has 3 aromatic carbocycles. The van der Waals surface area contributed by atoms with Crippen LogP contribution in [0.4, 0.5) is 16.5 Å². The molecule has 1 aromatic heterocycles. The lowest BCUT2D eigenvalue weighted by atomic mass is 10.1. The van der Waals surface area contributed by atoms with Crippen LogP contribution in [0, 0.1) is 6.92 Å². The van der Waals surface area contributed by atoms with Crippen LogP contribution in [0.1, 0.15) is 5.56 Å². The summed E-state index contributed by atoms with van der Waals surface area (Å²) in [6.45, 7) is 2.05. The van der Waals surface area contributed by atoms with Gasteiger partial charge in [0.2, 0.25) is 5.91 Å². The van der Waals surface area contributed by atoms with Crippen molar-refractivity contribution in [1.29, 1.82) is 0 Å². The number of amides is 1. The molecule has 0 saturated heterocycles. The number of carbonyl (C=O) groups is 1. The van der Waals surface area contributed by atoms with E-state index >= 15 is 0 Å². The third-order valence-electron chi connectivity index (χ3n) is 4.59. The van der Waals surface area contributed by atoms with Crippen molar-refractivity contribution in [3.63, 3.8) is 0 Å². The Balaban J connectivity index is 1.28. The summed E-state index contributed by atoms with van der Waals surface area (Å²) in [6.07, 6.45) is 0. The van der Waals surface area contributed by atoms with E-state index in [1.165, 1.54) is 28.7 Å². The topological polar surface area (TPSA) is 66.1 Å². The second-order valence-corrected chi connectivity index (χ2v) is 9.53. The summed E-state index contributed by atoms with van der Waals surface area (Å²) in [5.74, 6) is 0.194. The first-order valence-corrected chi connectivity index (χ1v) is 12.5. The lowest BCUT2D eigenvalue weighted by Crippen LogP contribution is -2.19. The van der Waals surface area contributed by atoms with Crippen LogP contribution in [0.3, 0.4) is 0 Å². The van der Waals surface area contributed by atoms with Crippen molar-refractivity contribution in [2.75, 3.05) is 21.7 Å². The highest BCUT2D eigenvalue weighted by Gasteiger charge is 2.09. The predicted molar refractivity (Wildman–Crippen MR) is 144 cm³/mol. The maximum absolute atomic E-state index is 12.4. The van der Waals surface area contributed by atoms with Gasteiger partial charge in [0.25, 0.3) is 0 Å². The molecule has 0 radical (unpaired) electrons. The van der Waals surface area contributed by atoms with E-state index in [4.69, 9.17) is 12.2 Å². The van der Waals surface area contributed by atoms with Gasteiger partial charge in [-0.3, -0.25) is 4.79 Å². The highest BCUT2D eigenvalue weighted by Crippen LogP contribution is 2.26. The number of hydrogen-bond acceptors (Lipinski definition) is 5.